The molecule has 3 nitrogen and oxygen atoms in total. The Kier molecular flexibility index (Phi) is 9.55. The summed E-state index contributed by atoms with van der Waals surface area (Å²) in [6.45, 7) is 7.60. The van der Waals surface area contributed by atoms with E-state index in [4.69, 9.17) is 13.3 Å². The van der Waals surface area contributed by atoms with Crippen molar-refractivity contribution in [3.63, 3.8) is 0 Å². The zero-order valence-corrected chi connectivity index (χ0v) is 15.4. The van der Waals surface area contributed by atoms with Crippen LogP contribution in [0, 0.1) is 11.6 Å². The summed E-state index contributed by atoms with van der Waals surface area (Å²) in [5.41, 5.74) is 0.826. The summed E-state index contributed by atoms with van der Waals surface area (Å²) in [7, 11) is -2.55. The molecular weight excluding hydrogens is 318 g/mol. The van der Waals surface area contributed by atoms with Gasteiger partial charge in [0.1, 0.15) is 0 Å². The van der Waals surface area contributed by atoms with Gasteiger partial charge in [-0.1, -0.05) is 12.5 Å². The summed E-state index contributed by atoms with van der Waals surface area (Å²) in [5, 5.41) is 0. The first-order valence-corrected chi connectivity index (χ1v) is 10.4. The number of hydrogen-bond donors (Lipinski definition) is 0. The van der Waals surface area contributed by atoms with Gasteiger partial charge in [-0.15, -0.1) is 0 Å². The maximum atomic E-state index is 13.1. The molecule has 23 heavy (non-hydrogen) atoms. The Hall–Kier alpha value is -0.823. The predicted molar refractivity (Wildman–Crippen MR) is 89.4 cm³/mol. The maximum absolute atomic E-state index is 13.1. The second kappa shape index (κ2) is 10.9. The zero-order valence-electron chi connectivity index (χ0n) is 14.4. The smallest absolute Gasteiger partial charge is 0.374 e. The van der Waals surface area contributed by atoms with Crippen LogP contribution in [0.5, 0.6) is 0 Å². The quantitative estimate of drug-likeness (QED) is 0.405. The van der Waals surface area contributed by atoms with Gasteiger partial charge in [0, 0.05) is 25.9 Å². The van der Waals surface area contributed by atoms with Gasteiger partial charge in [0.15, 0.2) is 11.6 Å². The van der Waals surface area contributed by atoms with Gasteiger partial charge in [-0.3, -0.25) is 0 Å². The average molecular weight is 346 g/mol. The second-order valence-electron chi connectivity index (χ2n) is 5.29. The van der Waals surface area contributed by atoms with Crippen LogP contribution in [0.2, 0.25) is 6.04 Å². The lowest BCUT2D eigenvalue weighted by molar-refractivity contribution is 0.0706. The highest BCUT2D eigenvalue weighted by Gasteiger charge is 2.39. The first-order chi connectivity index (χ1) is 11.1. The number of halogens is 2. The van der Waals surface area contributed by atoms with Crippen LogP contribution in [0.15, 0.2) is 18.2 Å². The monoisotopic (exact) mass is 346 g/mol. The summed E-state index contributed by atoms with van der Waals surface area (Å²) >= 11 is 0. The van der Waals surface area contributed by atoms with Gasteiger partial charge in [-0.25, -0.2) is 8.78 Å². The topological polar surface area (TPSA) is 27.7 Å². The minimum atomic E-state index is -2.55. The van der Waals surface area contributed by atoms with E-state index < -0.39 is 20.4 Å². The number of rotatable bonds is 12. The molecule has 6 heteroatoms. The number of hydrogen-bond acceptors (Lipinski definition) is 3. The molecule has 0 N–H and O–H groups in total. The van der Waals surface area contributed by atoms with E-state index in [0.717, 1.165) is 37.3 Å². The van der Waals surface area contributed by atoms with Crippen LogP contribution in [0.1, 0.15) is 45.6 Å². The third-order valence-electron chi connectivity index (χ3n) is 3.53. The van der Waals surface area contributed by atoms with Crippen molar-refractivity contribution in [1.82, 2.24) is 0 Å². The van der Waals surface area contributed by atoms with E-state index in [0.29, 0.717) is 19.8 Å². The molecule has 0 saturated heterocycles. The van der Waals surface area contributed by atoms with E-state index in [1.807, 2.05) is 20.8 Å². The third-order valence-corrected chi connectivity index (χ3v) is 6.68. The summed E-state index contributed by atoms with van der Waals surface area (Å²) in [5.74, 6) is -1.58. The van der Waals surface area contributed by atoms with Crippen LogP contribution in [0.4, 0.5) is 8.78 Å². The number of aryl methyl sites for hydroxylation is 1. The molecule has 1 aromatic rings. The van der Waals surface area contributed by atoms with Crippen LogP contribution in [-0.4, -0.2) is 28.6 Å². The minimum absolute atomic E-state index is 0.584. The molecule has 1 aromatic carbocycles. The first kappa shape index (κ1) is 20.2. The predicted octanol–water partition coefficient (Wildman–Crippen LogP) is 4.73. The molecule has 0 aliphatic heterocycles. The number of unbranched alkanes of at least 4 members (excludes halogenated alkanes) is 2. The maximum Gasteiger partial charge on any atom is 0.500 e. The minimum Gasteiger partial charge on any atom is -0.374 e. The third kappa shape index (κ3) is 7.08. The Labute approximate surface area is 139 Å². The van der Waals surface area contributed by atoms with Gasteiger partial charge < -0.3 is 13.3 Å². The molecule has 0 amide bonds. The van der Waals surface area contributed by atoms with Crippen LogP contribution >= 0.6 is 0 Å². The molecule has 0 saturated carbocycles. The molecule has 132 valence electrons. The largest absolute Gasteiger partial charge is 0.500 e. The first-order valence-electron chi connectivity index (χ1n) is 8.42. The molecule has 0 fully saturated rings. The summed E-state index contributed by atoms with van der Waals surface area (Å²) in [6, 6.07) is 4.88. The molecule has 0 aliphatic rings. The van der Waals surface area contributed by atoms with Crippen LogP contribution in [0.3, 0.4) is 0 Å². The molecule has 0 aromatic heterocycles. The lowest BCUT2D eigenvalue weighted by Crippen LogP contribution is -2.45. The SMILES string of the molecule is CCO[Si](CCCCCc1ccc(F)c(F)c1)(OCC)OCC. The zero-order chi connectivity index (χ0) is 17.1. The summed E-state index contributed by atoms with van der Waals surface area (Å²) in [6.07, 6.45) is 3.57. The van der Waals surface area contributed by atoms with Gasteiger partial charge in [0.2, 0.25) is 0 Å². The number of benzene rings is 1. The fourth-order valence-electron chi connectivity index (χ4n) is 2.54. The lowest BCUT2D eigenvalue weighted by Gasteiger charge is -2.28. The normalized spacial score (nSPS) is 11.9. The molecule has 1 rings (SSSR count). The Morgan fingerprint density at radius 1 is 0.826 bits per heavy atom. The highest BCUT2D eigenvalue weighted by Crippen LogP contribution is 2.20. The molecular formula is C17H28F2O3Si. The van der Waals surface area contributed by atoms with Crippen LogP contribution in [-0.2, 0) is 19.7 Å². The fourth-order valence-corrected chi connectivity index (χ4v) is 5.23. The molecule has 0 radical (unpaired) electrons. The van der Waals surface area contributed by atoms with Gasteiger partial charge in [0.25, 0.3) is 0 Å². The van der Waals surface area contributed by atoms with Crippen molar-refractivity contribution in [2.45, 2.75) is 52.5 Å². The molecule has 0 atom stereocenters. The highest BCUT2D eigenvalue weighted by atomic mass is 28.4. The molecule has 0 spiro atoms. The molecule has 0 aliphatic carbocycles. The van der Waals surface area contributed by atoms with Crippen molar-refractivity contribution in [2.75, 3.05) is 19.8 Å². The second-order valence-corrected chi connectivity index (χ2v) is 8.02. The average Bonchev–Trinajstić information content (AvgIpc) is 2.51. The Morgan fingerprint density at radius 2 is 1.43 bits per heavy atom. The molecule has 0 unspecified atom stereocenters. The van der Waals surface area contributed by atoms with Gasteiger partial charge >= 0.3 is 8.80 Å². The van der Waals surface area contributed by atoms with Crippen molar-refractivity contribution in [3.05, 3.63) is 35.4 Å². The van der Waals surface area contributed by atoms with Crippen molar-refractivity contribution in [2.24, 2.45) is 0 Å². The Bertz CT molecular complexity index is 440. The highest BCUT2D eigenvalue weighted by molar-refractivity contribution is 6.60. The van der Waals surface area contributed by atoms with Crippen molar-refractivity contribution >= 4 is 8.80 Å². The van der Waals surface area contributed by atoms with Crippen molar-refractivity contribution in [1.29, 1.82) is 0 Å². The summed E-state index contributed by atoms with van der Waals surface area (Å²) in [4.78, 5) is 0. The van der Waals surface area contributed by atoms with E-state index in [2.05, 4.69) is 0 Å². The van der Waals surface area contributed by atoms with E-state index in [-0.39, 0.29) is 0 Å². The van der Waals surface area contributed by atoms with Crippen LogP contribution < -0.4 is 0 Å². The van der Waals surface area contributed by atoms with Gasteiger partial charge in [-0.2, -0.15) is 0 Å². The summed E-state index contributed by atoms with van der Waals surface area (Å²) < 4.78 is 43.4. The van der Waals surface area contributed by atoms with Crippen molar-refractivity contribution < 1.29 is 22.1 Å². The molecule has 0 bridgehead atoms. The van der Waals surface area contributed by atoms with E-state index >= 15 is 0 Å². The Balaban J connectivity index is 2.39. The van der Waals surface area contributed by atoms with Gasteiger partial charge in [-0.05, 0) is 57.7 Å². The van der Waals surface area contributed by atoms with E-state index in [9.17, 15) is 8.78 Å². The fraction of sp³-hybridized carbons (Fsp3) is 0.647. The lowest BCUT2D eigenvalue weighted by atomic mass is 10.1. The van der Waals surface area contributed by atoms with E-state index in [1.165, 1.54) is 12.1 Å². The van der Waals surface area contributed by atoms with E-state index in [1.54, 1.807) is 6.07 Å². The van der Waals surface area contributed by atoms with Crippen molar-refractivity contribution in [3.8, 4) is 0 Å². The van der Waals surface area contributed by atoms with Gasteiger partial charge in [0.05, 0.1) is 0 Å². The van der Waals surface area contributed by atoms with Crippen LogP contribution in [0.25, 0.3) is 0 Å². The molecule has 0 heterocycles. The standard InChI is InChI=1S/C17H28F2O3Si/c1-4-20-23(21-5-2,22-6-3)13-9-7-8-10-15-11-12-16(18)17(19)14-15/h11-12,14H,4-10,13H2,1-3H3. The Morgan fingerprint density at radius 3 is 1.96 bits per heavy atom.